The predicted octanol–water partition coefficient (Wildman–Crippen LogP) is 3.71. The SMILES string of the molecule is COc1ccc(CC(=O)c2ccc(F)c(C)c2)cc1F. The number of ketones is 1. The number of carbonyl (C=O) groups excluding carboxylic acids is 1. The van der Waals surface area contributed by atoms with Gasteiger partial charge in [0, 0.05) is 12.0 Å². The summed E-state index contributed by atoms with van der Waals surface area (Å²) >= 11 is 0. The molecule has 2 aromatic carbocycles. The molecular formula is C16H14F2O2. The van der Waals surface area contributed by atoms with Crippen LogP contribution < -0.4 is 4.74 Å². The van der Waals surface area contributed by atoms with E-state index in [4.69, 9.17) is 4.74 Å². The van der Waals surface area contributed by atoms with Crippen LogP contribution in [0.15, 0.2) is 36.4 Å². The van der Waals surface area contributed by atoms with E-state index in [2.05, 4.69) is 0 Å². The molecule has 0 saturated carbocycles. The van der Waals surface area contributed by atoms with Crippen LogP contribution >= 0.6 is 0 Å². The topological polar surface area (TPSA) is 26.3 Å². The van der Waals surface area contributed by atoms with Crippen LogP contribution in [0.4, 0.5) is 8.78 Å². The zero-order chi connectivity index (χ0) is 14.7. The lowest BCUT2D eigenvalue weighted by atomic mass is 10.0. The Morgan fingerprint density at radius 3 is 2.45 bits per heavy atom. The molecule has 0 radical (unpaired) electrons. The van der Waals surface area contributed by atoms with E-state index in [0.717, 1.165) is 0 Å². The average Bonchev–Trinajstić information content (AvgIpc) is 2.42. The van der Waals surface area contributed by atoms with E-state index >= 15 is 0 Å². The van der Waals surface area contributed by atoms with Crippen LogP contribution in [0.25, 0.3) is 0 Å². The van der Waals surface area contributed by atoms with E-state index in [1.165, 1.54) is 37.4 Å². The van der Waals surface area contributed by atoms with Gasteiger partial charge in [-0.1, -0.05) is 6.07 Å². The third-order valence-electron chi connectivity index (χ3n) is 3.06. The molecule has 0 bridgehead atoms. The highest BCUT2D eigenvalue weighted by atomic mass is 19.1. The van der Waals surface area contributed by atoms with Gasteiger partial charge in [-0.25, -0.2) is 8.78 Å². The van der Waals surface area contributed by atoms with Gasteiger partial charge in [0.15, 0.2) is 17.3 Å². The minimum absolute atomic E-state index is 0.0615. The Hall–Kier alpha value is -2.23. The lowest BCUT2D eigenvalue weighted by Crippen LogP contribution is -2.05. The second kappa shape index (κ2) is 5.82. The molecule has 2 nitrogen and oxygen atoms in total. The smallest absolute Gasteiger partial charge is 0.167 e. The summed E-state index contributed by atoms with van der Waals surface area (Å²) in [6.45, 7) is 1.60. The van der Waals surface area contributed by atoms with Gasteiger partial charge in [-0.2, -0.15) is 0 Å². The second-order valence-electron chi connectivity index (χ2n) is 4.53. The molecule has 0 unspecified atom stereocenters. The Balaban J connectivity index is 2.19. The molecule has 4 heteroatoms. The molecule has 0 aliphatic heterocycles. The quantitative estimate of drug-likeness (QED) is 0.796. The summed E-state index contributed by atoms with van der Waals surface area (Å²) in [6, 6.07) is 8.58. The zero-order valence-corrected chi connectivity index (χ0v) is 11.2. The number of Topliss-reactive ketones (excluding diaryl/α,β-unsaturated/α-hetero) is 1. The number of halogens is 2. The molecule has 0 amide bonds. The summed E-state index contributed by atoms with van der Waals surface area (Å²) in [7, 11) is 1.38. The lowest BCUT2D eigenvalue weighted by molar-refractivity contribution is 0.0993. The standard InChI is InChI=1S/C16H14F2O2/c1-10-7-12(4-5-13(10)17)15(19)9-11-3-6-16(20-2)14(18)8-11/h3-8H,9H2,1-2H3. The summed E-state index contributed by atoms with van der Waals surface area (Å²) in [4.78, 5) is 12.1. The van der Waals surface area contributed by atoms with Crippen LogP contribution in [0.2, 0.25) is 0 Å². The van der Waals surface area contributed by atoms with Crippen molar-refractivity contribution in [1.82, 2.24) is 0 Å². The normalized spacial score (nSPS) is 10.4. The summed E-state index contributed by atoms with van der Waals surface area (Å²) in [5.41, 5.74) is 1.38. The largest absolute Gasteiger partial charge is 0.494 e. The Labute approximate surface area is 116 Å². The first-order valence-electron chi connectivity index (χ1n) is 6.13. The fraction of sp³-hybridized carbons (Fsp3) is 0.188. The first-order chi connectivity index (χ1) is 9.51. The van der Waals surface area contributed by atoms with Gasteiger partial charge in [-0.3, -0.25) is 4.79 Å². The molecular weight excluding hydrogens is 262 g/mol. The molecule has 0 atom stereocenters. The predicted molar refractivity (Wildman–Crippen MR) is 72.1 cm³/mol. The molecule has 0 aliphatic carbocycles. The van der Waals surface area contributed by atoms with Gasteiger partial charge in [0.05, 0.1) is 7.11 Å². The van der Waals surface area contributed by atoms with Crippen LogP contribution in [-0.2, 0) is 6.42 Å². The average molecular weight is 276 g/mol. The maximum Gasteiger partial charge on any atom is 0.167 e. The monoisotopic (exact) mass is 276 g/mol. The van der Waals surface area contributed by atoms with Crippen molar-refractivity contribution in [2.45, 2.75) is 13.3 Å². The van der Waals surface area contributed by atoms with Gasteiger partial charge in [-0.05, 0) is 48.4 Å². The molecule has 0 aliphatic rings. The van der Waals surface area contributed by atoms with E-state index in [0.29, 0.717) is 16.7 Å². The van der Waals surface area contributed by atoms with Crippen molar-refractivity contribution in [2.24, 2.45) is 0 Å². The second-order valence-corrected chi connectivity index (χ2v) is 4.53. The van der Waals surface area contributed by atoms with Crippen molar-refractivity contribution in [2.75, 3.05) is 7.11 Å². The van der Waals surface area contributed by atoms with Crippen molar-refractivity contribution in [3.8, 4) is 5.75 Å². The maximum absolute atomic E-state index is 13.5. The van der Waals surface area contributed by atoms with Crippen molar-refractivity contribution in [1.29, 1.82) is 0 Å². The van der Waals surface area contributed by atoms with E-state index < -0.39 is 5.82 Å². The first kappa shape index (κ1) is 14.2. The Morgan fingerprint density at radius 2 is 1.85 bits per heavy atom. The molecule has 2 aromatic rings. The van der Waals surface area contributed by atoms with Crippen molar-refractivity contribution >= 4 is 5.78 Å². The molecule has 0 heterocycles. The Morgan fingerprint density at radius 1 is 1.10 bits per heavy atom. The summed E-state index contributed by atoms with van der Waals surface area (Å²) < 4.78 is 31.5. The van der Waals surface area contributed by atoms with E-state index in [9.17, 15) is 13.6 Å². The highest BCUT2D eigenvalue weighted by Crippen LogP contribution is 2.19. The lowest BCUT2D eigenvalue weighted by Gasteiger charge is -2.06. The fourth-order valence-corrected chi connectivity index (χ4v) is 1.93. The van der Waals surface area contributed by atoms with E-state index in [-0.39, 0.29) is 23.8 Å². The number of ether oxygens (including phenoxy) is 1. The van der Waals surface area contributed by atoms with Crippen molar-refractivity contribution in [3.05, 3.63) is 64.7 Å². The van der Waals surface area contributed by atoms with Crippen molar-refractivity contribution < 1.29 is 18.3 Å². The summed E-state index contributed by atoms with van der Waals surface area (Å²) in [6.07, 6.45) is 0.0615. The van der Waals surface area contributed by atoms with Gasteiger partial charge < -0.3 is 4.74 Å². The molecule has 0 N–H and O–H groups in total. The van der Waals surface area contributed by atoms with Crippen LogP contribution in [0.1, 0.15) is 21.5 Å². The third-order valence-corrected chi connectivity index (χ3v) is 3.06. The Kier molecular flexibility index (Phi) is 4.13. The molecule has 0 fully saturated rings. The summed E-state index contributed by atoms with van der Waals surface area (Å²) in [5.74, 6) is -0.901. The fourth-order valence-electron chi connectivity index (χ4n) is 1.93. The van der Waals surface area contributed by atoms with E-state index in [1.807, 2.05) is 0 Å². The number of hydrogen-bond donors (Lipinski definition) is 0. The van der Waals surface area contributed by atoms with Crippen molar-refractivity contribution in [3.63, 3.8) is 0 Å². The van der Waals surface area contributed by atoms with E-state index in [1.54, 1.807) is 13.0 Å². The maximum atomic E-state index is 13.5. The van der Waals surface area contributed by atoms with Gasteiger partial charge in [0.25, 0.3) is 0 Å². The third kappa shape index (κ3) is 3.02. The highest BCUT2D eigenvalue weighted by molar-refractivity contribution is 5.97. The molecule has 0 spiro atoms. The number of carbonyl (C=O) groups is 1. The Bertz CT molecular complexity index is 651. The number of benzene rings is 2. The van der Waals surface area contributed by atoms with Crippen LogP contribution in [0, 0.1) is 18.6 Å². The molecule has 2 rings (SSSR count). The van der Waals surface area contributed by atoms with Crippen LogP contribution in [0.3, 0.4) is 0 Å². The zero-order valence-electron chi connectivity index (χ0n) is 11.2. The number of rotatable bonds is 4. The van der Waals surface area contributed by atoms with Gasteiger partial charge in [0.2, 0.25) is 0 Å². The molecule has 0 saturated heterocycles. The highest BCUT2D eigenvalue weighted by Gasteiger charge is 2.11. The number of hydrogen-bond acceptors (Lipinski definition) is 2. The number of methoxy groups -OCH3 is 1. The molecule has 0 aromatic heterocycles. The van der Waals surface area contributed by atoms with Gasteiger partial charge in [-0.15, -0.1) is 0 Å². The van der Waals surface area contributed by atoms with Gasteiger partial charge >= 0.3 is 0 Å². The van der Waals surface area contributed by atoms with Crippen LogP contribution in [0.5, 0.6) is 5.75 Å². The molecule has 104 valence electrons. The summed E-state index contributed by atoms with van der Waals surface area (Å²) in [5, 5.41) is 0. The molecule has 20 heavy (non-hydrogen) atoms. The number of aryl methyl sites for hydroxylation is 1. The first-order valence-corrected chi connectivity index (χ1v) is 6.13. The van der Waals surface area contributed by atoms with Gasteiger partial charge in [0.1, 0.15) is 5.82 Å². The minimum atomic E-state index is -0.506. The van der Waals surface area contributed by atoms with Crippen LogP contribution in [-0.4, -0.2) is 12.9 Å². The minimum Gasteiger partial charge on any atom is -0.494 e.